The highest BCUT2D eigenvalue weighted by molar-refractivity contribution is 6.74. The zero-order valence-corrected chi connectivity index (χ0v) is 31.7. The van der Waals surface area contributed by atoms with Crippen LogP contribution in [0.15, 0.2) is 24.3 Å². The van der Waals surface area contributed by atoms with Crippen LogP contribution in [0.3, 0.4) is 0 Å². The normalized spacial score (nSPS) is 23.4. The molecule has 1 aliphatic rings. The van der Waals surface area contributed by atoms with Gasteiger partial charge in [-0.15, -0.1) is 0 Å². The summed E-state index contributed by atoms with van der Waals surface area (Å²) < 4.78 is 19.2. The number of rotatable bonds is 17. The molecule has 7 heteroatoms. The molecule has 0 amide bonds. The molecule has 1 aliphatic carbocycles. The fourth-order valence-corrected chi connectivity index (χ4v) is 7.69. The monoisotopic (exact) mass is 624 g/mol. The van der Waals surface area contributed by atoms with E-state index in [1.54, 1.807) is 0 Å². The zero-order valence-electron chi connectivity index (χ0n) is 29.7. The van der Waals surface area contributed by atoms with Crippen molar-refractivity contribution in [2.45, 2.75) is 181 Å². The summed E-state index contributed by atoms with van der Waals surface area (Å²) in [5.74, 6) is 0.104. The Bertz CT molecular complexity index is 850. The van der Waals surface area contributed by atoms with Crippen molar-refractivity contribution in [1.82, 2.24) is 0 Å². The number of aliphatic hydroxyl groups is 1. The van der Waals surface area contributed by atoms with E-state index in [9.17, 15) is 9.90 Å². The minimum Gasteiger partial charge on any atom is -0.463 e. The first kappa shape index (κ1) is 39.3. The van der Waals surface area contributed by atoms with Crippen LogP contribution in [0.5, 0.6) is 0 Å². The Kier molecular flexibility index (Phi) is 16.0. The highest BCUT2D eigenvalue weighted by Gasteiger charge is 2.47. The summed E-state index contributed by atoms with van der Waals surface area (Å²) in [5, 5.41) is 11.6. The van der Waals surface area contributed by atoms with Crippen molar-refractivity contribution in [1.29, 1.82) is 0 Å². The van der Waals surface area contributed by atoms with E-state index in [1.807, 2.05) is 13.8 Å². The van der Waals surface area contributed by atoms with Crippen LogP contribution < -0.4 is 0 Å². The second-order valence-corrected chi connectivity index (χ2v) is 25.4. The van der Waals surface area contributed by atoms with Gasteiger partial charge in [0, 0.05) is 12.3 Å². The molecule has 0 spiro atoms. The van der Waals surface area contributed by atoms with Crippen LogP contribution in [0.1, 0.15) is 120 Å². The molecule has 0 heterocycles. The number of unbranched alkanes of at least 4 members (excludes halogenated alkanes) is 3. The van der Waals surface area contributed by atoms with E-state index < -0.39 is 22.7 Å². The minimum absolute atomic E-state index is 0.00510. The Labute approximate surface area is 262 Å². The van der Waals surface area contributed by atoms with E-state index >= 15 is 0 Å². The van der Waals surface area contributed by atoms with Gasteiger partial charge < -0.3 is 18.7 Å². The Morgan fingerprint density at radius 1 is 0.952 bits per heavy atom. The van der Waals surface area contributed by atoms with Gasteiger partial charge in [0.05, 0.1) is 24.4 Å². The van der Waals surface area contributed by atoms with E-state index in [1.165, 1.54) is 12.8 Å². The van der Waals surface area contributed by atoms with E-state index in [0.29, 0.717) is 12.8 Å². The molecule has 1 saturated carbocycles. The molecule has 0 aromatic heterocycles. The molecule has 0 radical (unpaired) electrons. The lowest BCUT2D eigenvalue weighted by atomic mass is 9.89. The predicted molar refractivity (Wildman–Crippen MR) is 184 cm³/mol. The number of allylic oxidation sites excluding steroid dienone is 2. The van der Waals surface area contributed by atoms with Gasteiger partial charge in [0.1, 0.15) is 0 Å². The van der Waals surface area contributed by atoms with Gasteiger partial charge >= 0.3 is 5.97 Å². The van der Waals surface area contributed by atoms with Crippen molar-refractivity contribution >= 4 is 22.6 Å². The van der Waals surface area contributed by atoms with Gasteiger partial charge in [-0.25, -0.2) is 0 Å². The van der Waals surface area contributed by atoms with Crippen LogP contribution in [-0.2, 0) is 18.4 Å². The smallest absolute Gasteiger partial charge is 0.306 e. The second-order valence-electron chi connectivity index (χ2n) is 15.9. The predicted octanol–water partition coefficient (Wildman–Crippen LogP) is 9.97. The molecule has 0 aliphatic heterocycles. The Morgan fingerprint density at radius 3 is 2.12 bits per heavy atom. The average molecular weight is 625 g/mol. The number of carbonyl (C=O) groups excluding carboxylic acids is 1. The van der Waals surface area contributed by atoms with Gasteiger partial charge in [-0.05, 0) is 88.1 Å². The highest BCUT2D eigenvalue weighted by atomic mass is 28.4. The molecule has 5 atom stereocenters. The van der Waals surface area contributed by atoms with Crippen LogP contribution in [0.4, 0.5) is 0 Å². The lowest BCUT2D eigenvalue weighted by molar-refractivity contribution is -0.147. The molecule has 0 saturated heterocycles. The highest BCUT2D eigenvalue weighted by Crippen LogP contribution is 2.44. The molecular weight excluding hydrogens is 557 g/mol. The van der Waals surface area contributed by atoms with Crippen LogP contribution in [0.25, 0.3) is 0 Å². The van der Waals surface area contributed by atoms with Gasteiger partial charge in [-0.1, -0.05) is 92.0 Å². The first-order chi connectivity index (χ1) is 19.2. The SMILES string of the molecule is CCCCC[C@@H](/C=C/[C@@H]1[C@@H](C/C=C\CCCC(=O)OC(C)C)[C@@H](O)C[C@H]1O[Si](C)(C)C(C)(C)C)O[Si](C)(C)C(C)(C)C. The van der Waals surface area contributed by atoms with Gasteiger partial charge in [-0.2, -0.15) is 0 Å². The third-order valence-electron chi connectivity index (χ3n) is 9.73. The standard InChI is InChI=1S/C35H68O5Si2/c1-14-15-18-21-28(39-41(10,11)34(4,5)6)24-25-30-29(22-19-16-17-20-23-33(37)38-27(2)3)31(36)26-32(30)40-42(12,13)35(7,8)9/h16,19,24-25,27-32,36H,14-15,17-18,20-23,26H2,1-13H3/b19-16-,25-24+/t28-,29+,30+,31-,32+/m0/s1. The summed E-state index contributed by atoms with van der Waals surface area (Å²) in [6.45, 7) is 29.1. The fourth-order valence-electron chi connectivity index (χ4n) is 5.02. The van der Waals surface area contributed by atoms with Crippen LogP contribution >= 0.6 is 0 Å². The zero-order chi connectivity index (χ0) is 32.4. The molecule has 5 nitrogen and oxygen atoms in total. The van der Waals surface area contributed by atoms with Crippen LogP contribution in [0, 0.1) is 11.8 Å². The molecule has 1 fully saturated rings. The summed E-state index contributed by atoms with van der Waals surface area (Å²) in [7, 11) is -3.95. The van der Waals surface area contributed by atoms with Crippen molar-refractivity contribution in [3.63, 3.8) is 0 Å². The topological polar surface area (TPSA) is 65.0 Å². The number of aliphatic hydroxyl groups excluding tert-OH is 1. The van der Waals surface area contributed by atoms with Crippen molar-refractivity contribution in [2.75, 3.05) is 0 Å². The number of esters is 1. The summed E-state index contributed by atoms with van der Waals surface area (Å²) >= 11 is 0. The van der Waals surface area contributed by atoms with Crippen LogP contribution in [0.2, 0.25) is 36.3 Å². The van der Waals surface area contributed by atoms with Gasteiger partial charge in [0.25, 0.3) is 0 Å². The minimum atomic E-state index is -2.02. The van der Waals surface area contributed by atoms with E-state index in [-0.39, 0.29) is 46.2 Å². The van der Waals surface area contributed by atoms with E-state index in [0.717, 1.165) is 32.1 Å². The molecule has 1 rings (SSSR count). The molecule has 0 unspecified atom stereocenters. The number of hydrogen-bond acceptors (Lipinski definition) is 5. The van der Waals surface area contributed by atoms with E-state index in [2.05, 4.69) is 99.0 Å². The molecular formula is C35H68O5Si2. The number of ether oxygens (including phenoxy) is 1. The van der Waals surface area contributed by atoms with Gasteiger partial charge in [-0.3, -0.25) is 4.79 Å². The number of hydrogen-bond donors (Lipinski definition) is 1. The summed E-state index contributed by atoms with van der Waals surface area (Å²) in [5.41, 5.74) is 0. The number of carbonyl (C=O) groups is 1. The molecule has 0 aromatic rings. The molecule has 1 N–H and O–H groups in total. The molecule has 0 aromatic carbocycles. The van der Waals surface area contributed by atoms with Crippen molar-refractivity contribution in [2.24, 2.45) is 11.8 Å². The third kappa shape index (κ3) is 13.1. The first-order valence-corrected chi connectivity index (χ1v) is 22.6. The van der Waals surface area contributed by atoms with Crippen LogP contribution in [-0.4, -0.2) is 52.1 Å². The maximum absolute atomic E-state index is 11.8. The largest absolute Gasteiger partial charge is 0.463 e. The first-order valence-electron chi connectivity index (χ1n) is 16.8. The van der Waals surface area contributed by atoms with Crippen molar-refractivity contribution < 1.29 is 23.5 Å². The molecule has 42 heavy (non-hydrogen) atoms. The lowest BCUT2D eigenvalue weighted by Crippen LogP contribution is -2.45. The fraction of sp³-hybridized carbons (Fsp3) is 0.857. The third-order valence-corrected chi connectivity index (χ3v) is 18.7. The van der Waals surface area contributed by atoms with Gasteiger partial charge in [0.2, 0.25) is 0 Å². The Hall–Kier alpha value is -0.736. The van der Waals surface area contributed by atoms with E-state index in [4.69, 9.17) is 13.6 Å². The maximum Gasteiger partial charge on any atom is 0.306 e. The molecule has 0 bridgehead atoms. The average Bonchev–Trinajstić information content (AvgIpc) is 3.10. The quantitative estimate of drug-likeness (QED) is 0.0755. The second kappa shape index (κ2) is 17.1. The Morgan fingerprint density at radius 2 is 1.57 bits per heavy atom. The van der Waals surface area contributed by atoms with Crippen molar-refractivity contribution in [3.05, 3.63) is 24.3 Å². The Balaban J connectivity index is 3.16. The van der Waals surface area contributed by atoms with Gasteiger partial charge in [0.15, 0.2) is 16.6 Å². The summed E-state index contributed by atoms with van der Waals surface area (Å²) in [4.78, 5) is 11.8. The molecule has 246 valence electrons. The summed E-state index contributed by atoms with van der Waals surface area (Å²) in [6, 6.07) is 0. The summed E-state index contributed by atoms with van der Waals surface area (Å²) in [6.07, 6.45) is 16.8. The van der Waals surface area contributed by atoms with Crippen molar-refractivity contribution in [3.8, 4) is 0 Å². The lowest BCUT2D eigenvalue weighted by Gasteiger charge is -2.40. The maximum atomic E-state index is 11.8.